The molecule has 0 saturated carbocycles. The predicted octanol–water partition coefficient (Wildman–Crippen LogP) is -1.64. The van der Waals surface area contributed by atoms with E-state index in [1.54, 1.807) is 4.68 Å². The Kier molecular flexibility index (Phi) is 4.26. The second kappa shape index (κ2) is 5.47. The zero-order valence-corrected chi connectivity index (χ0v) is 8.81. The molecule has 0 aliphatic heterocycles. The van der Waals surface area contributed by atoms with Crippen LogP contribution in [-0.2, 0) is 18.3 Å². The number of nitrogens with two attached hydrogens (primary N) is 2. The smallest absolute Gasteiger partial charge is 0.235 e. The summed E-state index contributed by atoms with van der Waals surface area (Å²) in [6, 6.07) is -0.612. The summed E-state index contributed by atoms with van der Waals surface area (Å²) < 4.78 is 1.75. The van der Waals surface area contributed by atoms with Crippen molar-refractivity contribution in [3.8, 4) is 0 Å². The number of aryl methyl sites for hydroxylation is 1. The monoisotopic (exact) mass is 211 g/mol. The molecule has 0 fully saturated rings. The maximum atomic E-state index is 10.6. The lowest BCUT2D eigenvalue weighted by atomic mass is 10.2. The van der Waals surface area contributed by atoms with E-state index >= 15 is 0 Å². The van der Waals surface area contributed by atoms with Gasteiger partial charge in [0.15, 0.2) is 0 Å². The van der Waals surface area contributed by atoms with Crippen LogP contribution in [0.15, 0.2) is 12.4 Å². The van der Waals surface area contributed by atoms with Gasteiger partial charge in [0.2, 0.25) is 5.91 Å². The lowest BCUT2D eigenvalue weighted by Crippen LogP contribution is -2.44. The fourth-order valence-electron chi connectivity index (χ4n) is 1.19. The summed E-state index contributed by atoms with van der Waals surface area (Å²) in [5.74, 6) is -0.483. The zero-order valence-electron chi connectivity index (χ0n) is 8.81. The molecule has 1 unspecified atom stereocenters. The minimum Gasteiger partial charge on any atom is -0.368 e. The van der Waals surface area contributed by atoms with Gasteiger partial charge < -0.3 is 16.8 Å². The molecule has 1 atom stereocenters. The van der Waals surface area contributed by atoms with Crippen molar-refractivity contribution in [1.29, 1.82) is 0 Å². The van der Waals surface area contributed by atoms with Gasteiger partial charge >= 0.3 is 0 Å². The molecule has 0 saturated heterocycles. The van der Waals surface area contributed by atoms with E-state index in [0.717, 1.165) is 18.5 Å². The highest BCUT2D eigenvalue weighted by Crippen LogP contribution is 1.95. The van der Waals surface area contributed by atoms with Gasteiger partial charge in [-0.05, 0) is 18.5 Å². The van der Waals surface area contributed by atoms with Crippen molar-refractivity contribution in [3.63, 3.8) is 0 Å². The summed E-state index contributed by atoms with van der Waals surface area (Å²) in [6.45, 7) is 1.17. The van der Waals surface area contributed by atoms with Crippen LogP contribution in [0.1, 0.15) is 5.56 Å². The minimum atomic E-state index is -0.612. The number of hydrogen-bond acceptors (Lipinski definition) is 4. The first-order valence-electron chi connectivity index (χ1n) is 4.82. The molecule has 0 bridgehead atoms. The van der Waals surface area contributed by atoms with Gasteiger partial charge in [-0.3, -0.25) is 9.48 Å². The Morgan fingerprint density at radius 1 is 1.73 bits per heavy atom. The highest BCUT2D eigenvalue weighted by Gasteiger charge is 2.07. The van der Waals surface area contributed by atoms with Gasteiger partial charge in [0.25, 0.3) is 0 Å². The van der Waals surface area contributed by atoms with Crippen LogP contribution in [0.2, 0.25) is 0 Å². The third-order valence-electron chi connectivity index (χ3n) is 2.08. The first-order chi connectivity index (χ1) is 7.09. The first-order valence-corrected chi connectivity index (χ1v) is 4.82. The van der Waals surface area contributed by atoms with E-state index in [1.165, 1.54) is 0 Å². The van der Waals surface area contributed by atoms with Gasteiger partial charge in [-0.15, -0.1) is 0 Å². The Morgan fingerprint density at radius 2 is 2.47 bits per heavy atom. The Bertz CT molecular complexity index is 322. The quantitative estimate of drug-likeness (QED) is 0.492. The minimum absolute atomic E-state index is 0.412. The van der Waals surface area contributed by atoms with Gasteiger partial charge in [-0.2, -0.15) is 5.10 Å². The zero-order chi connectivity index (χ0) is 11.3. The van der Waals surface area contributed by atoms with Crippen molar-refractivity contribution in [2.75, 3.05) is 13.1 Å². The van der Waals surface area contributed by atoms with Gasteiger partial charge in [0.1, 0.15) is 0 Å². The van der Waals surface area contributed by atoms with Crippen LogP contribution in [0, 0.1) is 0 Å². The molecule has 84 valence electrons. The fourth-order valence-corrected chi connectivity index (χ4v) is 1.19. The van der Waals surface area contributed by atoms with Crippen molar-refractivity contribution in [2.24, 2.45) is 18.5 Å². The molecule has 6 nitrogen and oxygen atoms in total. The summed E-state index contributed by atoms with van der Waals surface area (Å²) in [7, 11) is 1.87. The van der Waals surface area contributed by atoms with E-state index in [0.29, 0.717) is 6.54 Å². The van der Waals surface area contributed by atoms with Crippen molar-refractivity contribution in [1.82, 2.24) is 15.1 Å². The number of amides is 1. The van der Waals surface area contributed by atoms with E-state index < -0.39 is 11.9 Å². The average Bonchev–Trinajstić information content (AvgIpc) is 2.58. The Hall–Kier alpha value is -1.40. The second-order valence-corrected chi connectivity index (χ2v) is 3.49. The number of carbonyl (C=O) groups excluding carboxylic acids is 1. The summed E-state index contributed by atoms with van der Waals surface area (Å²) in [5, 5.41) is 7.11. The highest BCUT2D eigenvalue weighted by atomic mass is 16.1. The largest absolute Gasteiger partial charge is 0.368 e. The summed E-state index contributed by atoms with van der Waals surface area (Å²) in [5.41, 5.74) is 11.6. The summed E-state index contributed by atoms with van der Waals surface area (Å²) in [4.78, 5) is 10.6. The van der Waals surface area contributed by atoms with E-state index in [9.17, 15) is 4.79 Å². The third kappa shape index (κ3) is 4.09. The Balaban J connectivity index is 2.14. The number of aromatic nitrogens is 2. The molecule has 0 aliphatic carbocycles. The maximum absolute atomic E-state index is 10.6. The molecule has 0 aromatic carbocycles. The van der Waals surface area contributed by atoms with E-state index in [-0.39, 0.29) is 0 Å². The van der Waals surface area contributed by atoms with E-state index in [1.807, 2.05) is 19.4 Å². The van der Waals surface area contributed by atoms with Crippen molar-refractivity contribution < 1.29 is 4.79 Å². The van der Waals surface area contributed by atoms with Gasteiger partial charge in [-0.25, -0.2) is 0 Å². The van der Waals surface area contributed by atoms with Crippen LogP contribution in [-0.4, -0.2) is 34.8 Å². The molecule has 1 aromatic rings. The average molecular weight is 211 g/mol. The van der Waals surface area contributed by atoms with E-state index in [4.69, 9.17) is 11.5 Å². The lowest BCUT2D eigenvalue weighted by molar-refractivity contribution is -0.119. The van der Waals surface area contributed by atoms with Crippen LogP contribution in [0.5, 0.6) is 0 Å². The standard InChI is InChI=1S/C9H17N5O/c1-14-6-7(4-13-14)2-3-12-5-8(10)9(11)15/h4,6,8,12H,2-3,5,10H2,1H3,(H2,11,15). The number of rotatable bonds is 6. The number of hydrogen-bond donors (Lipinski definition) is 3. The molecule has 1 heterocycles. The second-order valence-electron chi connectivity index (χ2n) is 3.49. The van der Waals surface area contributed by atoms with Crippen molar-refractivity contribution in [2.45, 2.75) is 12.5 Å². The van der Waals surface area contributed by atoms with Gasteiger partial charge in [0.05, 0.1) is 12.2 Å². The molecule has 0 aliphatic rings. The Morgan fingerprint density at radius 3 is 3.00 bits per heavy atom. The Labute approximate surface area is 88.6 Å². The molecular formula is C9H17N5O. The topological polar surface area (TPSA) is 99.0 Å². The molecule has 5 N–H and O–H groups in total. The van der Waals surface area contributed by atoms with Crippen LogP contribution < -0.4 is 16.8 Å². The lowest BCUT2D eigenvalue weighted by Gasteiger charge is -2.07. The maximum Gasteiger partial charge on any atom is 0.235 e. The van der Waals surface area contributed by atoms with E-state index in [2.05, 4.69) is 10.4 Å². The highest BCUT2D eigenvalue weighted by molar-refractivity contribution is 5.79. The SMILES string of the molecule is Cn1cc(CCNCC(N)C(N)=O)cn1. The number of nitrogens with one attached hydrogen (secondary N) is 1. The fraction of sp³-hybridized carbons (Fsp3) is 0.556. The van der Waals surface area contributed by atoms with Crippen LogP contribution in [0.3, 0.4) is 0 Å². The molecule has 0 radical (unpaired) electrons. The molecular weight excluding hydrogens is 194 g/mol. The van der Waals surface area contributed by atoms with Gasteiger partial charge in [0, 0.05) is 19.8 Å². The van der Waals surface area contributed by atoms with Crippen molar-refractivity contribution >= 4 is 5.91 Å². The number of carbonyl (C=O) groups is 1. The summed E-state index contributed by atoms with van der Waals surface area (Å²) in [6.07, 6.45) is 4.63. The predicted molar refractivity (Wildman–Crippen MR) is 57.0 cm³/mol. The molecule has 1 amide bonds. The molecule has 1 rings (SSSR count). The van der Waals surface area contributed by atoms with Crippen LogP contribution in [0.25, 0.3) is 0 Å². The molecule has 6 heteroatoms. The molecule has 0 spiro atoms. The first kappa shape index (κ1) is 11.7. The third-order valence-corrected chi connectivity index (χ3v) is 2.08. The van der Waals surface area contributed by atoms with Crippen LogP contribution in [0.4, 0.5) is 0 Å². The number of nitrogens with zero attached hydrogens (tertiary/aromatic N) is 2. The van der Waals surface area contributed by atoms with Gasteiger partial charge in [-0.1, -0.05) is 0 Å². The number of primary amides is 1. The molecule has 1 aromatic heterocycles. The summed E-state index contributed by atoms with van der Waals surface area (Å²) >= 11 is 0. The normalized spacial score (nSPS) is 12.7. The molecule has 15 heavy (non-hydrogen) atoms. The van der Waals surface area contributed by atoms with Crippen molar-refractivity contribution in [3.05, 3.63) is 18.0 Å². The van der Waals surface area contributed by atoms with Crippen LogP contribution >= 0.6 is 0 Å².